The summed E-state index contributed by atoms with van der Waals surface area (Å²) < 4.78 is 5.25. The third-order valence-corrected chi connectivity index (χ3v) is 4.28. The first kappa shape index (κ1) is 16.6. The molecule has 0 aliphatic heterocycles. The second-order valence-corrected chi connectivity index (χ2v) is 5.97. The van der Waals surface area contributed by atoms with Gasteiger partial charge in [0.25, 0.3) is 0 Å². The summed E-state index contributed by atoms with van der Waals surface area (Å²) in [6.07, 6.45) is 0.729. The summed E-state index contributed by atoms with van der Waals surface area (Å²) in [7, 11) is 1.65. The highest BCUT2D eigenvalue weighted by atomic mass is 16.5. The minimum Gasteiger partial charge on any atom is -0.497 e. The summed E-state index contributed by atoms with van der Waals surface area (Å²) in [6, 6.07) is 17.8. The molecule has 3 N–H and O–H groups in total. The summed E-state index contributed by atoms with van der Waals surface area (Å²) in [4.78, 5) is 7.57. The van der Waals surface area contributed by atoms with Crippen molar-refractivity contribution in [3.63, 3.8) is 0 Å². The minimum atomic E-state index is 0.0356. The Bertz CT molecular complexity index is 906. The van der Waals surface area contributed by atoms with Crippen LogP contribution in [0.4, 0.5) is 5.95 Å². The summed E-state index contributed by atoms with van der Waals surface area (Å²) in [5.74, 6) is 1.26. The zero-order valence-electron chi connectivity index (χ0n) is 14.3. The van der Waals surface area contributed by atoms with E-state index in [0.29, 0.717) is 11.5 Å². The van der Waals surface area contributed by atoms with Crippen LogP contribution in [0.15, 0.2) is 48.5 Å². The van der Waals surface area contributed by atoms with Crippen LogP contribution in [0.2, 0.25) is 0 Å². The van der Waals surface area contributed by atoms with Gasteiger partial charge >= 0.3 is 0 Å². The van der Waals surface area contributed by atoms with Crippen LogP contribution in [0.25, 0.3) is 0 Å². The number of hydrogen-bond acceptors (Lipinski definition) is 4. The summed E-state index contributed by atoms with van der Waals surface area (Å²) in [5.41, 5.74) is 10.6. The lowest BCUT2D eigenvalue weighted by molar-refractivity contribution is 0.414. The van der Waals surface area contributed by atoms with E-state index in [1.54, 1.807) is 7.11 Å². The number of H-pyrrole nitrogens is 1. The molecule has 0 fully saturated rings. The molecule has 0 saturated carbocycles. The molecule has 2 aromatic carbocycles. The van der Waals surface area contributed by atoms with Gasteiger partial charge in [-0.1, -0.05) is 24.3 Å². The van der Waals surface area contributed by atoms with E-state index in [4.69, 9.17) is 15.7 Å². The number of ether oxygens (including phenoxy) is 1. The third kappa shape index (κ3) is 3.64. The molecule has 25 heavy (non-hydrogen) atoms. The molecule has 1 aromatic heterocycles. The van der Waals surface area contributed by atoms with Crippen molar-refractivity contribution in [3.8, 4) is 11.8 Å². The molecule has 0 bridgehead atoms. The summed E-state index contributed by atoms with van der Waals surface area (Å²) in [5, 5.41) is 9.14. The van der Waals surface area contributed by atoms with Gasteiger partial charge in [-0.05, 0) is 48.7 Å². The number of rotatable bonds is 5. The lowest BCUT2D eigenvalue weighted by Gasteiger charge is -2.17. The maximum atomic E-state index is 9.14. The van der Waals surface area contributed by atoms with E-state index in [1.165, 1.54) is 0 Å². The largest absolute Gasteiger partial charge is 0.497 e. The number of anilines is 1. The quantitative estimate of drug-likeness (QED) is 0.748. The Balaban J connectivity index is 2.01. The second-order valence-electron chi connectivity index (χ2n) is 5.97. The molecular formula is C20H20N4O. The van der Waals surface area contributed by atoms with Gasteiger partial charge in [-0.2, -0.15) is 5.26 Å². The Morgan fingerprint density at radius 3 is 2.60 bits per heavy atom. The maximum Gasteiger partial charge on any atom is 0.197 e. The van der Waals surface area contributed by atoms with Crippen molar-refractivity contribution in [1.29, 1.82) is 5.26 Å². The molecule has 3 aromatic rings. The van der Waals surface area contributed by atoms with E-state index in [0.717, 1.165) is 34.7 Å². The highest BCUT2D eigenvalue weighted by Crippen LogP contribution is 2.31. The van der Waals surface area contributed by atoms with E-state index >= 15 is 0 Å². The minimum absolute atomic E-state index is 0.0356. The van der Waals surface area contributed by atoms with Crippen LogP contribution in [-0.4, -0.2) is 17.1 Å². The van der Waals surface area contributed by atoms with Crippen LogP contribution in [0.3, 0.4) is 0 Å². The number of nitrogens with one attached hydrogen (secondary N) is 1. The van der Waals surface area contributed by atoms with Gasteiger partial charge < -0.3 is 15.5 Å². The number of nitrogens with zero attached hydrogens (tertiary/aromatic N) is 2. The Morgan fingerprint density at radius 2 is 2.00 bits per heavy atom. The Kier molecular flexibility index (Phi) is 4.71. The van der Waals surface area contributed by atoms with Gasteiger partial charge in [0.2, 0.25) is 0 Å². The number of nitrogens with two attached hydrogens (primary N) is 1. The maximum absolute atomic E-state index is 9.14. The second kappa shape index (κ2) is 7.10. The molecule has 0 saturated heterocycles. The Morgan fingerprint density at radius 1 is 1.24 bits per heavy atom. The zero-order chi connectivity index (χ0) is 17.8. The molecule has 5 heteroatoms. The first-order chi connectivity index (χ1) is 12.1. The SMILES string of the molecule is COc1ccc(C(Cc2cccc(C#N)c2)c2nc(N)[nH]c2C)cc1. The van der Waals surface area contributed by atoms with Gasteiger partial charge in [0.05, 0.1) is 24.4 Å². The lowest BCUT2D eigenvalue weighted by atomic mass is 9.88. The van der Waals surface area contributed by atoms with Crippen LogP contribution in [0.1, 0.15) is 34.0 Å². The van der Waals surface area contributed by atoms with Crippen LogP contribution in [-0.2, 0) is 6.42 Å². The monoisotopic (exact) mass is 332 g/mol. The van der Waals surface area contributed by atoms with Gasteiger partial charge in [-0.25, -0.2) is 4.98 Å². The van der Waals surface area contributed by atoms with E-state index in [9.17, 15) is 0 Å². The Hall–Kier alpha value is -3.26. The highest BCUT2D eigenvalue weighted by molar-refractivity contribution is 5.41. The number of imidazole rings is 1. The molecule has 0 amide bonds. The molecule has 0 radical (unpaired) electrons. The standard InChI is InChI=1S/C20H20N4O/c1-13-19(24-20(22)23-13)18(16-6-8-17(25-2)9-7-16)11-14-4-3-5-15(10-14)12-21/h3-10,18H,11H2,1-2H3,(H3,22,23,24). The molecule has 0 aliphatic rings. The molecule has 126 valence electrons. The normalized spacial score (nSPS) is 11.7. The average Bonchev–Trinajstić information content (AvgIpc) is 2.98. The van der Waals surface area contributed by atoms with Crippen molar-refractivity contribution >= 4 is 5.95 Å². The number of nitriles is 1. The zero-order valence-corrected chi connectivity index (χ0v) is 14.3. The first-order valence-electron chi connectivity index (χ1n) is 8.05. The van der Waals surface area contributed by atoms with E-state index in [2.05, 4.69) is 16.0 Å². The van der Waals surface area contributed by atoms with Crippen molar-refractivity contribution in [2.75, 3.05) is 12.8 Å². The van der Waals surface area contributed by atoms with E-state index in [1.807, 2.05) is 55.5 Å². The molecule has 0 spiro atoms. The number of aromatic amines is 1. The number of aryl methyl sites for hydroxylation is 1. The van der Waals surface area contributed by atoms with Crippen molar-refractivity contribution < 1.29 is 4.74 Å². The third-order valence-electron chi connectivity index (χ3n) is 4.28. The van der Waals surface area contributed by atoms with Gasteiger partial charge in [-0.15, -0.1) is 0 Å². The number of aromatic nitrogens is 2. The predicted molar refractivity (Wildman–Crippen MR) is 97.4 cm³/mol. The number of benzene rings is 2. The van der Waals surface area contributed by atoms with Gasteiger partial charge in [0, 0.05) is 11.6 Å². The molecule has 5 nitrogen and oxygen atoms in total. The molecule has 1 unspecified atom stereocenters. The van der Waals surface area contributed by atoms with Crippen molar-refractivity contribution in [2.24, 2.45) is 0 Å². The van der Waals surface area contributed by atoms with Crippen LogP contribution < -0.4 is 10.5 Å². The van der Waals surface area contributed by atoms with Crippen LogP contribution >= 0.6 is 0 Å². The van der Waals surface area contributed by atoms with Crippen molar-refractivity contribution in [2.45, 2.75) is 19.3 Å². The fourth-order valence-corrected chi connectivity index (χ4v) is 3.05. The van der Waals surface area contributed by atoms with Crippen molar-refractivity contribution in [3.05, 3.63) is 76.6 Å². The molecule has 3 rings (SSSR count). The fraction of sp³-hybridized carbons (Fsp3) is 0.200. The predicted octanol–water partition coefficient (Wildman–Crippen LogP) is 3.56. The molecule has 1 atom stereocenters. The fourth-order valence-electron chi connectivity index (χ4n) is 3.05. The smallest absolute Gasteiger partial charge is 0.197 e. The topological polar surface area (TPSA) is 87.7 Å². The number of methoxy groups -OCH3 is 1. The van der Waals surface area contributed by atoms with E-state index in [-0.39, 0.29) is 5.92 Å². The summed E-state index contributed by atoms with van der Waals surface area (Å²) in [6.45, 7) is 1.97. The van der Waals surface area contributed by atoms with Crippen molar-refractivity contribution in [1.82, 2.24) is 9.97 Å². The van der Waals surface area contributed by atoms with Crippen LogP contribution in [0.5, 0.6) is 5.75 Å². The number of hydrogen-bond donors (Lipinski definition) is 2. The molecule has 1 heterocycles. The average molecular weight is 332 g/mol. The van der Waals surface area contributed by atoms with Gasteiger partial charge in [0.1, 0.15) is 5.75 Å². The summed E-state index contributed by atoms with van der Waals surface area (Å²) >= 11 is 0. The van der Waals surface area contributed by atoms with Gasteiger partial charge in [0.15, 0.2) is 5.95 Å². The lowest BCUT2D eigenvalue weighted by Crippen LogP contribution is -2.08. The number of nitrogen functional groups attached to an aromatic ring is 1. The first-order valence-corrected chi connectivity index (χ1v) is 8.05. The highest BCUT2D eigenvalue weighted by Gasteiger charge is 2.21. The van der Waals surface area contributed by atoms with Gasteiger partial charge in [-0.3, -0.25) is 0 Å². The van der Waals surface area contributed by atoms with E-state index < -0.39 is 0 Å². The van der Waals surface area contributed by atoms with Crippen LogP contribution in [0, 0.1) is 18.3 Å². The molecule has 0 aliphatic carbocycles. The molecular weight excluding hydrogens is 312 g/mol. The Labute approximate surface area is 147 Å².